The van der Waals surface area contributed by atoms with E-state index < -0.39 is 413 Å². The van der Waals surface area contributed by atoms with Crippen molar-refractivity contribution in [3.05, 3.63) is 350 Å². The van der Waals surface area contributed by atoms with Gasteiger partial charge in [0, 0.05) is 135 Å². The molecule has 0 bridgehead atoms. The van der Waals surface area contributed by atoms with E-state index in [1.54, 1.807) is 0 Å². The lowest BCUT2D eigenvalue weighted by Crippen LogP contribution is -2.42. The number of benzene rings is 9. The minimum absolute atomic E-state index is 0.00921. The number of carbonyl (C=O) groups excluding carboxylic acids is 3. The SMILES string of the molecule is [2H]c1c([2H])c(C(F)(F)F)c([2H])c([2H])c1-c1c([2H])c([2H])c(C([2H])([2H])N(C(=O)Cn2c(SCc3ccc(F)cc3)nc(=O)c3c2C([2H])([2H])C([2H])(C)C3([2H])[2H])C([2H])([2H])C([2H])([2H])N(C([2H])([2H])C)C([2H])([2H])C)c([2H])c1[2H].[2H]c1c([2H])c(C([2H])([2H])N(C(=O)Cn2c(SCc3ccc(F)cc3)nc(=O)c3c2CCC3)C([2H])([2H])C([2H])([2H])N(C([2H])([2H])C)C([2H])([2H])C)c([2H])c([2H])c1-c1c([2H])c([2H])c(C(F)(F)F)c(C)c1[2H].[2H]c1c([2H])c(CSc2nc(=O)c3c(n2CC(=O)N(C([2H])(C)c2ccc(-c4ccc(C(F)(F)F)cc4)cc2)C([2H])([2H])C([2H])([2H])N(C([2H])([2H])C)C([2H])([2H])C)CCC3)c([2H])c([2H])c1F. The molecular formula is C111H120F12N12O6S3. The largest absolute Gasteiger partial charge is 0.416 e. The third-order valence-electron chi connectivity index (χ3n) is 21.1. The minimum atomic E-state index is -5.49. The average molecular weight is 2100 g/mol. The minimum Gasteiger partial charge on any atom is -0.336 e. The molecule has 2 atom stereocenters. The Balaban J connectivity index is 0.000000238. The number of thioether (sulfide) groups is 3. The van der Waals surface area contributed by atoms with E-state index in [1.807, 2.05) is 0 Å². The smallest absolute Gasteiger partial charge is 0.336 e. The van der Waals surface area contributed by atoms with Gasteiger partial charge in [-0.05, 0) is 249 Å². The Hall–Kier alpha value is -11.9. The summed E-state index contributed by atoms with van der Waals surface area (Å²) in [6, 6.07) is -9.25. The van der Waals surface area contributed by atoms with Gasteiger partial charge in [0.05, 0.1) is 63.8 Å². The van der Waals surface area contributed by atoms with Crippen LogP contribution in [0.5, 0.6) is 0 Å². The van der Waals surface area contributed by atoms with E-state index in [4.69, 9.17) is 57.6 Å². The first-order valence-corrected chi connectivity index (χ1v) is 45.9. The van der Waals surface area contributed by atoms with Crippen molar-refractivity contribution < 1.29 is 140 Å². The van der Waals surface area contributed by atoms with Crippen LogP contribution in [0, 0.1) is 30.3 Å². The molecule has 0 radical (unpaired) electrons. The van der Waals surface area contributed by atoms with E-state index in [-0.39, 0.29) is 101 Å². The van der Waals surface area contributed by atoms with Crippen LogP contribution >= 0.6 is 35.3 Å². The summed E-state index contributed by atoms with van der Waals surface area (Å²) in [4.78, 5) is 95.4. The predicted molar refractivity (Wildman–Crippen MR) is 544 cm³/mol. The number of rotatable bonds is 39. The van der Waals surface area contributed by atoms with Crippen molar-refractivity contribution >= 4 is 53.0 Å². The molecule has 0 spiro atoms. The van der Waals surface area contributed by atoms with E-state index in [1.165, 1.54) is 65.2 Å². The number of nitrogens with zero attached hydrogens (tertiary/aromatic N) is 12. The van der Waals surface area contributed by atoms with Crippen molar-refractivity contribution in [3.63, 3.8) is 0 Å². The molecule has 18 nitrogen and oxygen atoms in total. The fraction of sp³-hybridized carbons (Fsp3) is 0.378. The zero-order chi connectivity index (χ0) is 150. The normalized spacial score (nSPS) is 21.7. The Labute approximate surface area is 919 Å². The van der Waals surface area contributed by atoms with Crippen molar-refractivity contribution in [2.75, 3.05) is 78.0 Å². The molecule has 15 rings (SSSR count). The lowest BCUT2D eigenvalue weighted by Gasteiger charge is -2.33. The van der Waals surface area contributed by atoms with Crippen LogP contribution in [0.4, 0.5) is 52.7 Å². The van der Waals surface area contributed by atoms with Gasteiger partial charge in [-0.15, -0.1) is 0 Å². The number of hydrogen-bond acceptors (Lipinski definition) is 15. The van der Waals surface area contributed by atoms with Gasteiger partial charge in [0.25, 0.3) is 16.7 Å². The van der Waals surface area contributed by atoms with Crippen LogP contribution in [0.3, 0.4) is 0 Å². The van der Waals surface area contributed by atoms with Crippen molar-refractivity contribution in [1.82, 2.24) is 58.1 Å². The molecular weight excluding hydrogens is 1920 g/mol. The van der Waals surface area contributed by atoms with Crippen LogP contribution in [0.25, 0.3) is 33.4 Å². The zero-order valence-electron chi connectivity index (χ0n) is 130. The number of carbonyl (C=O) groups is 3. The number of halogens is 12. The van der Waals surface area contributed by atoms with Crippen LogP contribution in [0.2, 0.25) is 0 Å². The summed E-state index contributed by atoms with van der Waals surface area (Å²) in [5.74, 6) is -11.5. The van der Waals surface area contributed by atoms with Crippen LogP contribution in [0.15, 0.2) is 242 Å². The highest BCUT2D eigenvalue weighted by Gasteiger charge is 2.36. The Morgan fingerprint density at radius 1 is 0.424 bits per heavy atom. The highest BCUT2D eigenvalue weighted by atomic mass is 32.2. The maximum Gasteiger partial charge on any atom is 0.416 e. The molecule has 9 aromatic carbocycles. The van der Waals surface area contributed by atoms with Crippen LogP contribution in [-0.4, -0.2) is 154 Å². The molecule has 2 unspecified atom stereocenters. The highest BCUT2D eigenvalue weighted by Crippen LogP contribution is 2.39. The monoisotopic (exact) mass is 2090 g/mol. The molecule has 33 heteroatoms. The summed E-state index contributed by atoms with van der Waals surface area (Å²) < 4.78 is 629. The molecule has 3 amide bonds. The van der Waals surface area contributed by atoms with Crippen molar-refractivity contribution in [2.24, 2.45) is 5.89 Å². The van der Waals surface area contributed by atoms with Crippen LogP contribution in [0.1, 0.15) is 236 Å². The molecule has 0 saturated carbocycles. The molecule has 0 saturated heterocycles. The standard InChI is InChI=1S/3C37H40F4N4O2S/c1-4-43(5-2)18-19-44(22-26-6-10-28(11-7-26)29-12-14-30(15-13-29)37(39,40)41)34(46)23-45-33-21-25(3)20-32(33)35(47)42-36(45)48-24-27-8-16-31(38)17-9-27;1-4-43(5-2)21-22-44(25(3)27-11-13-28(14-12-27)29-15-17-30(18-16-29)37(39,40)41)34(46)23-45-33-8-6-7-32(33)35(47)42-36(45)48-24-26-9-19-31(38)20-10-26;1-4-43(5-2)19-20-44(22-26-9-13-28(14-10-26)29-15-18-32(25(3)21-29)37(39,40)41)34(46)23-45-33-8-6-7-31(33)35(47)42-36(45)48-24-27-11-16-30(38)17-12-27/h6-17,25H,4-5,18-24H2,1-3H3;9-20,25H,4-8,21-24H2,1-3H3;9-18,21H,4-8,19-20,22-24H2,1-3H3/i4D2,5D2,6D,7D,10D,11D,12D,13D,14D,15D,18D2,19D2,20D2,21D2,22D2,25D;4D2,5D2,9D,10D,19D,20D,21D2,22D2,25D;4D2,5D2,9D,10D,13D,14D,15D,18D,19D2,20D2,21D,22D2. The zero-order valence-corrected chi connectivity index (χ0v) is 79.7. The van der Waals surface area contributed by atoms with E-state index in [0.717, 1.165) is 87.3 Å². The Morgan fingerprint density at radius 2 is 0.799 bits per heavy atom. The number of aromatic nitrogens is 6. The van der Waals surface area contributed by atoms with Gasteiger partial charge in [-0.3, -0.25) is 28.8 Å². The van der Waals surface area contributed by atoms with Crippen molar-refractivity contribution in [2.45, 2.75) is 203 Å². The number of hydrogen-bond donors (Lipinski definition) is 0. The van der Waals surface area contributed by atoms with Gasteiger partial charge in [0.2, 0.25) is 17.7 Å². The number of likely N-dealkylation sites (N-methyl/N-ethyl adjacent to an activating group) is 3. The first-order valence-electron chi connectivity index (χ1n) is 69.4. The predicted octanol–water partition coefficient (Wildman–Crippen LogP) is 22.8. The van der Waals surface area contributed by atoms with E-state index in [2.05, 4.69) is 15.0 Å². The third kappa shape index (κ3) is 29.1. The fourth-order valence-electron chi connectivity index (χ4n) is 13.9. The van der Waals surface area contributed by atoms with Gasteiger partial charge in [-0.25, -0.2) is 13.2 Å². The summed E-state index contributed by atoms with van der Waals surface area (Å²) in [6.07, 6.45) is -20.4. The molecule has 0 N–H and O–H groups in total. The van der Waals surface area contributed by atoms with Gasteiger partial charge in [-0.1, -0.05) is 229 Å². The van der Waals surface area contributed by atoms with E-state index >= 15 is 4.79 Å². The fourth-order valence-corrected chi connectivity index (χ4v) is 16.8. The highest BCUT2D eigenvalue weighted by molar-refractivity contribution is 7.98. The Bertz CT molecular complexity index is 9410. The van der Waals surface area contributed by atoms with Crippen molar-refractivity contribution in [3.8, 4) is 33.4 Å². The molecule has 3 aliphatic carbocycles. The molecule has 762 valence electrons. The van der Waals surface area contributed by atoms with Gasteiger partial charge in [0.15, 0.2) is 15.5 Å². The van der Waals surface area contributed by atoms with Gasteiger partial charge in [-0.2, -0.15) is 54.5 Å². The molecule has 3 aliphatic rings. The average Bonchev–Trinajstić information content (AvgIpc) is 1.50. The third-order valence-corrected chi connectivity index (χ3v) is 24.2. The Kier molecular flexibility index (Phi) is 20.4. The number of amides is 3. The quantitative estimate of drug-likeness (QED) is 0.0202. The molecule has 0 aliphatic heterocycles. The summed E-state index contributed by atoms with van der Waals surface area (Å²) in [6.45, 7) is -49.2. The summed E-state index contributed by atoms with van der Waals surface area (Å²) in [5.41, 5.74) is -16.6. The second-order valence-corrected chi connectivity index (χ2v) is 33.4. The summed E-state index contributed by atoms with van der Waals surface area (Å²) in [5, 5.41) is -1.15. The van der Waals surface area contributed by atoms with E-state index in [0.29, 0.717) is 85.3 Å². The summed E-state index contributed by atoms with van der Waals surface area (Å²) in [7, 11) is 0. The molecule has 3 aromatic heterocycles. The maximum absolute atomic E-state index is 15.2. The molecule has 144 heavy (non-hydrogen) atoms. The number of fused-ring (bicyclic) bond motifs is 3. The second kappa shape index (κ2) is 50.3. The van der Waals surface area contributed by atoms with Crippen LogP contribution in [-0.2, 0) is 121 Å². The Morgan fingerprint density at radius 3 is 1.22 bits per heavy atom. The lowest BCUT2D eigenvalue weighted by atomic mass is 9.98. The molecule has 0 fully saturated rings. The molecule has 12 aromatic rings. The van der Waals surface area contributed by atoms with Gasteiger partial charge < -0.3 is 43.1 Å². The summed E-state index contributed by atoms with van der Waals surface area (Å²) >= 11 is 2.03. The first-order chi connectivity index (χ1) is 89.1. The van der Waals surface area contributed by atoms with Gasteiger partial charge in [0.1, 0.15) is 37.1 Å². The van der Waals surface area contributed by atoms with Crippen LogP contribution < -0.4 is 16.7 Å². The maximum atomic E-state index is 15.2. The van der Waals surface area contributed by atoms with Crippen molar-refractivity contribution in [1.29, 1.82) is 0 Å². The lowest BCUT2D eigenvalue weighted by molar-refractivity contribution is -0.138. The van der Waals surface area contributed by atoms with E-state index in [9.17, 15) is 91.7 Å². The van der Waals surface area contributed by atoms with Gasteiger partial charge >= 0.3 is 18.5 Å². The first kappa shape index (κ1) is 58.5. The second-order valence-electron chi connectivity index (χ2n) is 30.6. The number of alkyl halides is 9. The molecule has 3 heterocycles. The topological polar surface area (TPSA) is 175 Å².